The number of nitro benzene ring substituents is 1. The van der Waals surface area contributed by atoms with Gasteiger partial charge in [0.15, 0.2) is 0 Å². The van der Waals surface area contributed by atoms with Crippen LogP contribution < -0.4 is 10.1 Å². The van der Waals surface area contributed by atoms with Crippen LogP contribution in [0.1, 0.15) is 12.5 Å². The number of hydrogen-bond acceptors (Lipinski definition) is 5. The zero-order valence-electron chi connectivity index (χ0n) is 11.3. The molecule has 0 atom stereocenters. The van der Waals surface area contributed by atoms with Crippen LogP contribution in [0.15, 0.2) is 36.4 Å². The van der Waals surface area contributed by atoms with Gasteiger partial charge >= 0.3 is 5.69 Å². The highest BCUT2D eigenvalue weighted by Crippen LogP contribution is 2.33. The van der Waals surface area contributed by atoms with Gasteiger partial charge in [-0.1, -0.05) is 18.2 Å². The number of ether oxygens (including phenoxy) is 1. The van der Waals surface area contributed by atoms with Crippen molar-refractivity contribution in [3.63, 3.8) is 0 Å². The van der Waals surface area contributed by atoms with E-state index in [0.29, 0.717) is 17.3 Å². The third-order valence-corrected chi connectivity index (χ3v) is 2.68. The predicted octanol–water partition coefficient (Wildman–Crippen LogP) is 3.52. The zero-order valence-corrected chi connectivity index (χ0v) is 11.3. The Morgan fingerprint density at radius 2 is 2.05 bits per heavy atom. The SMILES string of the molecule is CCNc1cccc(Oc2c(C)cccc2[N+](=O)[O-])n1. The molecule has 1 aromatic heterocycles. The molecule has 6 nitrogen and oxygen atoms in total. The summed E-state index contributed by atoms with van der Waals surface area (Å²) in [5, 5.41) is 14.1. The van der Waals surface area contributed by atoms with Crippen molar-refractivity contribution >= 4 is 11.5 Å². The first-order valence-electron chi connectivity index (χ1n) is 6.24. The number of nitrogens with one attached hydrogen (secondary N) is 1. The summed E-state index contributed by atoms with van der Waals surface area (Å²) in [5.74, 6) is 1.21. The summed E-state index contributed by atoms with van der Waals surface area (Å²) in [5.41, 5.74) is 0.621. The summed E-state index contributed by atoms with van der Waals surface area (Å²) in [7, 11) is 0. The van der Waals surface area contributed by atoms with E-state index in [1.807, 2.05) is 13.0 Å². The number of aryl methyl sites for hydroxylation is 1. The Balaban J connectivity index is 2.34. The minimum absolute atomic E-state index is 0.0688. The van der Waals surface area contributed by atoms with Crippen LogP contribution in [-0.2, 0) is 0 Å². The third kappa shape index (κ3) is 3.03. The van der Waals surface area contributed by atoms with Crippen LogP contribution in [0.2, 0.25) is 0 Å². The number of nitrogens with zero attached hydrogens (tertiary/aromatic N) is 2. The highest BCUT2D eigenvalue weighted by atomic mass is 16.6. The normalized spacial score (nSPS) is 10.1. The van der Waals surface area contributed by atoms with E-state index in [2.05, 4.69) is 10.3 Å². The number of benzene rings is 1. The second-order valence-corrected chi connectivity index (χ2v) is 4.17. The lowest BCUT2D eigenvalue weighted by Crippen LogP contribution is -2.01. The van der Waals surface area contributed by atoms with Gasteiger partial charge < -0.3 is 10.1 Å². The summed E-state index contributed by atoms with van der Waals surface area (Å²) in [4.78, 5) is 14.8. The van der Waals surface area contributed by atoms with E-state index >= 15 is 0 Å². The summed E-state index contributed by atoms with van der Waals surface area (Å²) < 4.78 is 5.60. The minimum Gasteiger partial charge on any atom is -0.431 e. The van der Waals surface area contributed by atoms with E-state index in [4.69, 9.17) is 4.74 Å². The maximum absolute atomic E-state index is 11.0. The van der Waals surface area contributed by atoms with Crippen molar-refractivity contribution in [2.24, 2.45) is 0 Å². The molecule has 20 heavy (non-hydrogen) atoms. The molecule has 0 radical (unpaired) electrons. The van der Waals surface area contributed by atoms with Gasteiger partial charge in [0.1, 0.15) is 5.82 Å². The number of rotatable bonds is 5. The molecule has 6 heteroatoms. The molecule has 0 fully saturated rings. The number of aromatic nitrogens is 1. The topological polar surface area (TPSA) is 77.3 Å². The smallest absolute Gasteiger partial charge is 0.311 e. The van der Waals surface area contributed by atoms with E-state index in [9.17, 15) is 10.1 Å². The van der Waals surface area contributed by atoms with Crippen LogP contribution in [-0.4, -0.2) is 16.5 Å². The summed E-state index contributed by atoms with van der Waals surface area (Å²) in [6.45, 7) is 4.46. The molecule has 0 aliphatic carbocycles. The molecule has 0 saturated carbocycles. The Morgan fingerprint density at radius 1 is 1.30 bits per heavy atom. The first-order chi connectivity index (χ1) is 9.61. The molecule has 1 N–H and O–H groups in total. The Morgan fingerprint density at radius 3 is 2.75 bits per heavy atom. The molecule has 2 rings (SSSR count). The molecule has 1 aromatic carbocycles. The van der Waals surface area contributed by atoms with Crippen molar-refractivity contribution in [2.75, 3.05) is 11.9 Å². The number of hydrogen-bond donors (Lipinski definition) is 1. The van der Waals surface area contributed by atoms with Crippen LogP contribution in [0.3, 0.4) is 0 Å². The van der Waals surface area contributed by atoms with Crippen molar-refractivity contribution in [1.29, 1.82) is 0 Å². The average molecular weight is 273 g/mol. The standard InChI is InChI=1S/C14H15N3O3/c1-3-15-12-8-5-9-13(16-12)20-14-10(2)6-4-7-11(14)17(18)19/h4-9H,3H2,1-2H3,(H,15,16). The van der Waals surface area contributed by atoms with Crippen LogP contribution in [0, 0.1) is 17.0 Å². The van der Waals surface area contributed by atoms with E-state index < -0.39 is 4.92 Å². The van der Waals surface area contributed by atoms with Crippen LogP contribution in [0.25, 0.3) is 0 Å². The van der Waals surface area contributed by atoms with Gasteiger partial charge in [-0.3, -0.25) is 10.1 Å². The van der Waals surface area contributed by atoms with E-state index in [1.165, 1.54) is 6.07 Å². The monoisotopic (exact) mass is 273 g/mol. The van der Waals surface area contributed by atoms with Gasteiger partial charge in [-0.25, -0.2) is 0 Å². The van der Waals surface area contributed by atoms with E-state index in [-0.39, 0.29) is 11.4 Å². The molecule has 0 aliphatic rings. The molecule has 0 spiro atoms. The molecule has 104 valence electrons. The molecule has 1 heterocycles. The highest BCUT2D eigenvalue weighted by molar-refractivity contribution is 5.53. The second-order valence-electron chi connectivity index (χ2n) is 4.17. The zero-order chi connectivity index (χ0) is 14.5. The second kappa shape index (κ2) is 6.01. The van der Waals surface area contributed by atoms with Crippen LogP contribution in [0.4, 0.5) is 11.5 Å². The van der Waals surface area contributed by atoms with Gasteiger partial charge in [0, 0.05) is 18.7 Å². The average Bonchev–Trinajstić information content (AvgIpc) is 2.41. The van der Waals surface area contributed by atoms with Crippen molar-refractivity contribution in [3.05, 3.63) is 52.1 Å². The van der Waals surface area contributed by atoms with E-state index in [1.54, 1.807) is 31.2 Å². The maximum atomic E-state index is 11.0. The third-order valence-electron chi connectivity index (χ3n) is 2.68. The number of nitro groups is 1. The summed E-state index contributed by atoms with van der Waals surface area (Å²) >= 11 is 0. The molecule has 0 saturated heterocycles. The fourth-order valence-electron chi connectivity index (χ4n) is 1.77. The predicted molar refractivity (Wildman–Crippen MR) is 76.3 cm³/mol. The van der Waals surface area contributed by atoms with Crippen LogP contribution >= 0.6 is 0 Å². The Bertz CT molecular complexity index is 629. The summed E-state index contributed by atoms with van der Waals surface area (Å²) in [6, 6.07) is 10.1. The lowest BCUT2D eigenvalue weighted by molar-refractivity contribution is -0.385. The molecular weight excluding hydrogens is 258 g/mol. The Hall–Kier alpha value is -2.63. The number of anilines is 1. The van der Waals surface area contributed by atoms with Crippen molar-refractivity contribution in [1.82, 2.24) is 4.98 Å². The first kappa shape index (κ1) is 13.8. The van der Waals surface area contributed by atoms with Crippen molar-refractivity contribution < 1.29 is 9.66 Å². The van der Waals surface area contributed by atoms with E-state index in [0.717, 1.165) is 6.54 Å². The van der Waals surface area contributed by atoms with Gasteiger partial charge in [-0.2, -0.15) is 4.98 Å². The fourth-order valence-corrected chi connectivity index (χ4v) is 1.77. The molecule has 0 bridgehead atoms. The number of pyridine rings is 1. The first-order valence-corrected chi connectivity index (χ1v) is 6.24. The summed E-state index contributed by atoms with van der Waals surface area (Å²) in [6.07, 6.45) is 0. The van der Waals surface area contributed by atoms with Gasteiger partial charge in [-0.05, 0) is 25.5 Å². The molecule has 0 unspecified atom stereocenters. The maximum Gasteiger partial charge on any atom is 0.311 e. The van der Waals surface area contributed by atoms with Gasteiger partial charge in [-0.15, -0.1) is 0 Å². The highest BCUT2D eigenvalue weighted by Gasteiger charge is 2.18. The van der Waals surface area contributed by atoms with Gasteiger partial charge in [0.05, 0.1) is 4.92 Å². The quantitative estimate of drug-likeness (QED) is 0.666. The van der Waals surface area contributed by atoms with Crippen molar-refractivity contribution in [2.45, 2.75) is 13.8 Å². The minimum atomic E-state index is -0.462. The molecule has 0 aliphatic heterocycles. The lowest BCUT2D eigenvalue weighted by Gasteiger charge is -2.09. The molecule has 0 amide bonds. The Labute approximate surface area is 116 Å². The molecular formula is C14H15N3O3. The van der Waals surface area contributed by atoms with Gasteiger partial charge in [0.25, 0.3) is 0 Å². The number of para-hydroxylation sites is 1. The molecule has 2 aromatic rings. The van der Waals surface area contributed by atoms with Crippen LogP contribution in [0.5, 0.6) is 11.6 Å². The Kier molecular flexibility index (Phi) is 4.14. The fraction of sp³-hybridized carbons (Fsp3) is 0.214. The largest absolute Gasteiger partial charge is 0.431 e. The lowest BCUT2D eigenvalue weighted by atomic mass is 10.2. The van der Waals surface area contributed by atoms with Crippen molar-refractivity contribution in [3.8, 4) is 11.6 Å². The van der Waals surface area contributed by atoms with Gasteiger partial charge in [0.2, 0.25) is 11.6 Å².